The summed E-state index contributed by atoms with van der Waals surface area (Å²) in [6.07, 6.45) is 1.75. The minimum atomic E-state index is 0.672. The summed E-state index contributed by atoms with van der Waals surface area (Å²) in [7, 11) is 2.00. The van der Waals surface area contributed by atoms with Crippen LogP contribution in [-0.4, -0.2) is 17.4 Å². The number of para-hydroxylation sites is 1. The van der Waals surface area contributed by atoms with Gasteiger partial charge in [-0.05, 0) is 48.9 Å². The molecule has 0 bridgehead atoms. The van der Waals surface area contributed by atoms with E-state index in [1.807, 2.05) is 50.4 Å². The van der Waals surface area contributed by atoms with E-state index in [4.69, 9.17) is 4.74 Å². The van der Waals surface area contributed by atoms with Crippen molar-refractivity contribution >= 4 is 27.8 Å². The minimum absolute atomic E-state index is 0.672. The molecular weight excluding hydrogens is 294 g/mol. The van der Waals surface area contributed by atoms with Gasteiger partial charge in [-0.25, -0.2) is 0 Å². The van der Waals surface area contributed by atoms with E-state index in [0.29, 0.717) is 6.61 Å². The third-order valence-corrected chi connectivity index (χ3v) is 4.36. The zero-order chi connectivity index (χ0) is 15.4. The van der Waals surface area contributed by atoms with E-state index >= 15 is 0 Å². The second kappa shape index (κ2) is 6.58. The van der Waals surface area contributed by atoms with Crippen molar-refractivity contribution in [1.82, 2.24) is 4.57 Å². The van der Waals surface area contributed by atoms with Crippen LogP contribution in [0.1, 0.15) is 12.5 Å². The van der Waals surface area contributed by atoms with E-state index in [-0.39, 0.29) is 0 Å². The van der Waals surface area contributed by atoms with E-state index in [1.54, 1.807) is 17.6 Å². The molecule has 0 unspecified atom stereocenters. The number of nitrogens with zero attached hydrogens (tertiary/aromatic N) is 3. The van der Waals surface area contributed by atoms with Gasteiger partial charge in [0.15, 0.2) is 0 Å². The molecular formula is C17H17N3OS. The molecule has 0 aliphatic rings. The molecule has 0 N–H and O–H groups in total. The van der Waals surface area contributed by atoms with Gasteiger partial charge >= 0.3 is 0 Å². The van der Waals surface area contributed by atoms with Gasteiger partial charge in [-0.2, -0.15) is 5.10 Å². The van der Waals surface area contributed by atoms with Gasteiger partial charge in [0.25, 0.3) is 0 Å². The number of rotatable bonds is 4. The Balaban J connectivity index is 1.84. The number of aryl methyl sites for hydroxylation is 1. The molecule has 3 rings (SSSR count). The molecule has 22 heavy (non-hydrogen) atoms. The van der Waals surface area contributed by atoms with Gasteiger partial charge in [-0.3, -0.25) is 0 Å². The van der Waals surface area contributed by atoms with Crippen LogP contribution in [0.2, 0.25) is 0 Å². The van der Waals surface area contributed by atoms with Crippen LogP contribution in [0.4, 0.5) is 0 Å². The van der Waals surface area contributed by atoms with Crippen LogP contribution < -0.4 is 9.54 Å². The smallest absolute Gasteiger partial charge is 0.211 e. The van der Waals surface area contributed by atoms with E-state index in [9.17, 15) is 0 Å². The second-order valence-electron chi connectivity index (χ2n) is 4.76. The molecule has 1 heterocycles. The van der Waals surface area contributed by atoms with E-state index < -0.39 is 0 Å². The van der Waals surface area contributed by atoms with Gasteiger partial charge in [-0.15, -0.1) is 5.10 Å². The Hall–Kier alpha value is -2.40. The monoisotopic (exact) mass is 311 g/mol. The average Bonchev–Trinajstić information content (AvgIpc) is 2.86. The molecule has 0 saturated heterocycles. The first-order chi connectivity index (χ1) is 10.8. The molecule has 5 heteroatoms. The fraction of sp³-hybridized carbons (Fsp3) is 0.176. The van der Waals surface area contributed by atoms with Gasteiger partial charge in [0.2, 0.25) is 4.80 Å². The molecule has 112 valence electrons. The Bertz CT molecular complexity index is 859. The quantitative estimate of drug-likeness (QED) is 0.536. The molecule has 3 aromatic rings. The molecule has 0 radical (unpaired) electrons. The third kappa shape index (κ3) is 3.09. The van der Waals surface area contributed by atoms with Crippen molar-refractivity contribution in [2.75, 3.05) is 6.61 Å². The van der Waals surface area contributed by atoms with Gasteiger partial charge in [0, 0.05) is 7.05 Å². The molecule has 0 spiro atoms. The first-order valence-electron chi connectivity index (χ1n) is 7.12. The van der Waals surface area contributed by atoms with Crippen LogP contribution in [0.25, 0.3) is 10.2 Å². The number of ether oxygens (including phenoxy) is 1. The van der Waals surface area contributed by atoms with Gasteiger partial charge < -0.3 is 9.30 Å². The first-order valence-corrected chi connectivity index (χ1v) is 7.94. The molecule has 0 amide bonds. The van der Waals surface area contributed by atoms with E-state index in [2.05, 4.69) is 26.9 Å². The largest absolute Gasteiger partial charge is 0.494 e. The van der Waals surface area contributed by atoms with Crippen LogP contribution >= 0.6 is 11.3 Å². The van der Waals surface area contributed by atoms with Gasteiger partial charge in [0.1, 0.15) is 5.75 Å². The highest BCUT2D eigenvalue weighted by Crippen LogP contribution is 2.15. The van der Waals surface area contributed by atoms with Crippen molar-refractivity contribution in [3.8, 4) is 5.75 Å². The highest BCUT2D eigenvalue weighted by molar-refractivity contribution is 7.16. The molecule has 2 aromatic carbocycles. The number of hydrogen-bond acceptors (Lipinski definition) is 4. The van der Waals surface area contributed by atoms with Crippen molar-refractivity contribution in [1.29, 1.82) is 0 Å². The fourth-order valence-electron chi connectivity index (χ4n) is 2.14. The Labute approximate surface area is 133 Å². The lowest BCUT2D eigenvalue weighted by atomic mass is 10.2. The summed E-state index contributed by atoms with van der Waals surface area (Å²) in [4.78, 5) is 0.878. The zero-order valence-electron chi connectivity index (χ0n) is 12.6. The predicted octanol–water partition coefficient (Wildman–Crippen LogP) is 3.57. The average molecular weight is 311 g/mol. The summed E-state index contributed by atoms with van der Waals surface area (Å²) in [5.41, 5.74) is 2.17. The maximum absolute atomic E-state index is 5.41. The molecule has 0 saturated carbocycles. The maximum Gasteiger partial charge on any atom is 0.211 e. The lowest BCUT2D eigenvalue weighted by molar-refractivity contribution is 0.340. The SMILES string of the molecule is CCOc1ccc(C=NN=c2sc3ccccc3n2C)cc1. The van der Waals surface area contributed by atoms with Crippen molar-refractivity contribution in [3.05, 3.63) is 58.9 Å². The Morgan fingerprint density at radius 1 is 1.14 bits per heavy atom. The number of hydrogen-bond donors (Lipinski definition) is 0. The summed E-state index contributed by atoms with van der Waals surface area (Å²) in [5, 5.41) is 8.51. The third-order valence-electron chi connectivity index (χ3n) is 3.26. The van der Waals surface area contributed by atoms with E-state index in [1.165, 1.54) is 10.2 Å². The summed E-state index contributed by atoms with van der Waals surface area (Å²) >= 11 is 1.63. The number of benzene rings is 2. The summed E-state index contributed by atoms with van der Waals surface area (Å²) in [6.45, 7) is 2.64. The second-order valence-corrected chi connectivity index (χ2v) is 5.77. The van der Waals surface area contributed by atoms with Crippen LogP contribution in [0.5, 0.6) is 5.75 Å². The van der Waals surface area contributed by atoms with Crippen molar-refractivity contribution in [2.45, 2.75) is 6.92 Å². The molecule has 1 aromatic heterocycles. The van der Waals surface area contributed by atoms with Gasteiger partial charge in [0.05, 0.1) is 23.0 Å². The van der Waals surface area contributed by atoms with Crippen LogP contribution in [0.3, 0.4) is 0 Å². The van der Waals surface area contributed by atoms with E-state index in [0.717, 1.165) is 16.1 Å². The Morgan fingerprint density at radius 3 is 2.64 bits per heavy atom. The Morgan fingerprint density at radius 2 is 1.91 bits per heavy atom. The maximum atomic E-state index is 5.41. The fourth-order valence-corrected chi connectivity index (χ4v) is 3.12. The number of thiazole rings is 1. The minimum Gasteiger partial charge on any atom is -0.494 e. The van der Waals surface area contributed by atoms with Gasteiger partial charge in [-0.1, -0.05) is 23.5 Å². The summed E-state index contributed by atoms with van der Waals surface area (Å²) < 4.78 is 8.67. The number of aromatic nitrogens is 1. The summed E-state index contributed by atoms with van der Waals surface area (Å²) in [5.74, 6) is 0.868. The highest BCUT2D eigenvalue weighted by atomic mass is 32.1. The van der Waals surface area contributed by atoms with Crippen molar-refractivity contribution in [3.63, 3.8) is 0 Å². The molecule has 0 aliphatic heterocycles. The molecule has 4 nitrogen and oxygen atoms in total. The van der Waals surface area contributed by atoms with Crippen molar-refractivity contribution in [2.24, 2.45) is 17.3 Å². The topological polar surface area (TPSA) is 38.9 Å². The van der Waals surface area contributed by atoms with Crippen LogP contribution in [0.15, 0.2) is 58.7 Å². The lowest BCUT2D eigenvalue weighted by Crippen LogP contribution is -2.08. The highest BCUT2D eigenvalue weighted by Gasteiger charge is 2.00. The first kappa shape index (κ1) is 14.5. The van der Waals surface area contributed by atoms with Crippen LogP contribution in [0, 0.1) is 0 Å². The molecule has 0 atom stereocenters. The molecule has 0 fully saturated rings. The summed E-state index contributed by atoms with van der Waals surface area (Å²) in [6, 6.07) is 16.0. The Kier molecular flexibility index (Phi) is 4.34. The normalized spacial score (nSPS) is 12.4. The molecule has 0 aliphatic carbocycles. The van der Waals surface area contributed by atoms with Crippen molar-refractivity contribution < 1.29 is 4.74 Å². The number of fused-ring (bicyclic) bond motifs is 1. The standard InChI is InChI=1S/C17H17N3OS/c1-3-21-14-10-8-13(9-11-14)12-18-19-17-20(2)15-6-4-5-7-16(15)22-17/h4-12H,3H2,1-2H3. The lowest BCUT2D eigenvalue weighted by Gasteiger charge is -2.01. The predicted molar refractivity (Wildman–Crippen MR) is 91.6 cm³/mol. The van der Waals surface area contributed by atoms with Crippen LogP contribution in [-0.2, 0) is 7.05 Å². The zero-order valence-corrected chi connectivity index (χ0v) is 13.4.